The average molecular weight is 647 g/mol. The summed E-state index contributed by atoms with van der Waals surface area (Å²) in [7, 11) is -3.37. The van der Waals surface area contributed by atoms with Crippen LogP contribution >= 0.6 is 11.6 Å². The number of anilines is 2. The van der Waals surface area contributed by atoms with E-state index in [4.69, 9.17) is 11.6 Å². The molecule has 3 heterocycles. The second-order valence-electron chi connectivity index (χ2n) is 11.7. The molecule has 16 heteroatoms. The van der Waals surface area contributed by atoms with Crippen LogP contribution in [-0.4, -0.2) is 65.9 Å². The lowest BCUT2D eigenvalue weighted by atomic mass is 9.87. The predicted molar refractivity (Wildman–Crippen MR) is 148 cm³/mol. The molecule has 1 amide bonds. The van der Waals surface area contributed by atoms with Crippen LogP contribution in [-0.2, 0) is 20.2 Å². The smallest absolute Gasteiger partial charge is 0.355 e. The molecule has 232 valence electrons. The van der Waals surface area contributed by atoms with E-state index in [9.17, 15) is 26.4 Å². The van der Waals surface area contributed by atoms with Gasteiger partial charge in [0.05, 0.1) is 28.7 Å². The molecule has 2 aliphatic carbocycles. The van der Waals surface area contributed by atoms with Crippen LogP contribution in [0.1, 0.15) is 50.3 Å². The molecular formula is C27H28ClF5N6O3S. The molecule has 2 saturated carbocycles. The van der Waals surface area contributed by atoms with Gasteiger partial charge in [-0.3, -0.25) is 4.79 Å². The third kappa shape index (κ3) is 4.65. The van der Waals surface area contributed by atoms with Crippen molar-refractivity contribution in [1.82, 2.24) is 24.6 Å². The number of nitrogens with one attached hydrogen (secondary N) is 2. The predicted octanol–water partition coefficient (Wildman–Crippen LogP) is 4.68. The van der Waals surface area contributed by atoms with Crippen LogP contribution in [0.5, 0.6) is 0 Å². The van der Waals surface area contributed by atoms with Gasteiger partial charge >= 0.3 is 6.18 Å². The molecule has 0 radical (unpaired) electrons. The summed E-state index contributed by atoms with van der Waals surface area (Å²) in [6, 6.07) is 7.02. The summed E-state index contributed by atoms with van der Waals surface area (Å²) in [4.78, 5) is 18.4. The lowest BCUT2D eigenvalue weighted by molar-refractivity contribution is -0.181. The van der Waals surface area contributed by atoms with Gasteiger partial charge in [0.1, 0.15) is 10.8 Å². The Morgan fingerprint density at radius 1 is 1.14 bits per heavy atom. The molecule has 0 unspecified atom stereocenters. The monoisotopic (exact) mass is 646 g/mol. The Hall–Kier alpha value is -3.04. The first-order valence-corrected chi connectivity index (χ1v) is 15.6. The fourth-order valence-electron chi connectivity index (χ4n) is 5.93. The Morgan fingerprint density at radius 2 is 1.81 bits per heavy atom. The van der Waals surface area contributed by atoms with Crippen LogP contribution in [0.4, 0.5) is 33.3 Å². The summed E-state index contributed by atoms with van der Waals surface area (Å²) >= 11 is 5.96. The highest BCUT2D eigenvalue weighted by atomic mass is 35.5. The number of carbonyl (C=O) groups is 1. The molecule has 3 atom stereocenters. The van der Waals surface area contributed by atoms with Crippen molar-refractivity contribution >= 4 is 44.6 Å². The van der Waals surface area contributed by atoms with Crippen molar-refractivity contribution in [2.75, 3.05) is 24.5 Å². The molecule has 0 spiro atoms. The number of halogens is 6. The number of sulfonamides is 1. The zero-order chi connectivity index (χ0) is 31.2. The first kappa shape index (κ1) is 30.0. The van der Waals surface area contributed by atoms with Crippen molar-refractivity contribution in [3.8, 4) is 0 Å². The molecular weight excluding hydrogens is 619 g/mol. The Kier molecular flexibility index (Phi) is 6.79. The standard InChI is InChI=1S/C27H28ClF5N6O3S/c1-24(27(31,32)33)14-38(18-13-35-20-12-19(28)37-39(20)22(18)24)16-6-4-15(5-7-16)21-25(2,26(21,29)30)23(40)34-10-3-11-36-43(41,42)17-8-9-17/h4-7,12-13,17,21,36H,3,8-11,14H2,1-2H3,(H,34,40)/t21-,24-,25+/m1/s1. The van der Waals surface area contributed by atoms with E-state index < -0.39 is 51.3 Å². The molecule has 2 N–H and O–H groups in total. The summed E-state index contributed by atoms with van der Waals surface area (Å²) < 4.78 is 101. The van der Waals surface area contributed by atoms with E-state index in [2.05, 4.69) is 20.1 Å². The molecule has 0 bridgehead atoms. The van der Waals surface area contributed by atoms with Gasteiger partial charge in [0.15, 0.2) is 10.8 Å². The highest BCUT2D eigenvalue weighted by Crippen LogP contribution is 2.71. The second kappa shape index (κ2) is 9.73. The fraction of sp³-hybridized carbons (Fsp3) is 0.519. The zero-order valence-corrected chi connectivity index (χ0v) is 24.6. The summed E-state index contributed by atoms with van der Waals surface area (Å²) in [5.74, 6) is -5.67. The van der Waals surface area contributed by atoms with Crippen LogP contribution in [0.3, 0.4) is 0 Å². The van der Waals surface area contributed by atoms with Gasteiger partial charge in [-0.1, -0.05) is 23.7 Å². The number of alkyl halides is 5. The van der Waals surface area contributed by atoms with Gasteiger partial charge in [-0.2, -0.15) is 18.3 Å². The molecule has 1 aliphatic heterocycles. The van der Waals surface area contributed by atoms with Gasteiger partial charge in [-0.25, -0.2) is 31.4 Å². The minimum absolute atomic E-state index is 0.0103. The SMILES string of the molecule is C[C@@]1(C(F)(F)F)CN(c2ccc([C@H]3C(F)(F)[C@]3(C)C(=O)NCCCNS(=O)(=O)C3CC3)cc2)c2cnc3cc(Cl)nn3c21. The van der Waals surface area contributed by atoms with Crippen molar-refractivity contribution in [2.45, 2.75) is 61.8 Å². The van der Waals surface area contributed by atoms with Crippen molar-refractivity contribution in [2.24, 2.45) is 5.41 Å². The maximum Gasteiger partial charge on any atom is 0.401 e. The summed E-state index contributed by atoms with van der Waals surface area (Å²) in [6.07, 6.45) is -1.89. The molecule has 2 fully saturated rings. The molecule has 0 saturated heterocycles. The molecule has 2 aromatic heterocycles. The number of amides is 1. The topological polar surface area (TPSA) is 109 Å². The number of hydrogen-bond acceptors (Lipinski definition) is 6. The fourth-order valence-corrected chi connectivity index (χ4v) is 7.52. The van der Waals surface area contributed by atoms with E-state index in [0.29, 0.717) is 18.5 Å². The van der Waals surface area contributed by atoms with Gasteiger partial charge in [0.2, 0.25) is 15.9 Å². The van der Waals surface area contributed by atoms with Crippen molar-refractivity contribution in [1.29, 1.82) is 0 Å². The lowest BCUT2D eigenvalue weighted by Crippen LogP contribution is -2.43. The minimum Gasteiger partial charge on any atom is -0.355 e. The minimum atomic E-state index is -4.66. The molecule has 1 aromatic carbocycles. The van der Waals surface area contributed by atoms with E-state index in [1.807, 2.05) is 0 Å². The van der Waals surface area contributed by atoms with Crippen LogP contribution < -0.4 is 14.9 Å². The highest BCUT2D eigenvalue weighted by molar-refractivity contribution is 7.90. The first-order chi connectivity index (χ1) is 20.0. The Labute approximate surface area is 248 Å². The molecule has 6 rings (SSSR count). The van der Waals surface area contributed by atoms with E-state index in [-0.39, 0.29) is 52.5 Å². The van der Waals surface area contributed by atoms with Crippen LogP contribution in [0.25, 0.3) is 5.65 Å². The molecule has 9 nitrogen and oxygen atoms in total. The number of aromatic nitrogens is 3. The normalized spacial score (nSPS) is 26.5. The van der Waals surface area contributed by atoms with E-state index in [1.54, 1.807) is 0 Å². The van der Waals surface area contributed by atoms with Gasteiger partial charge < -0.3 is 10.2 Å². The maximum atomic E-state index is 15.1. The largest absolute Gasteiger partial charge is 0.401 e. The number of carbonyl (C=O) groups excluding carboxylic acids is 1. The summed E-state index contributed by atoms with van der Waals surface area (Å²) in [5, 5.41) is 6.10. The Morgan fingerprint density at radius 3 is 2.44 bits per heavy atom. The molecule has 3 aromatic rings. The third-order valence-electron chi connectivity index (χ3n) is 8.81. The Bertz CT molecular complexity index is 1710. The second-order valence-corrected chi connectivity index (χ2v) is 14.2. The first-order valence-electron chi connectivity index (χ1n) is 13.7. The molecule has 43 heavy (non-hydrogen) atoms. The van der Waals surface area contributed by atoms with Crippen molar-refractivity contribution in [3.63, 3.8) is 0 Å². The zero-order valence-electron chi connectivity index (χ0n) is 23.1. The number of rotatable bonds is 9. The number of nitrogens with zero attached hydrogens (tertiary/aromatic N) is 4. The van der Waals surface area contributed by atoms with Crippen LogP contribution in [0.15, 0.2) is 36.5 Å². The van der Waals surface area contributed by atoms with E-state index >= 15 is 8.78 Å². The van der Waals surface area contributed by atoms with Gasteiger partial charge in [-0.05, 0) is 50.8 Å². The third-order valence-corrected chi connectivity index (χ3v) is 11.0. The number of fused-ring (bicyclic) bond motifs is 3. The number of hydrogen-bond donors (Lipinski definition) is 2. The average Bonchev–Trinajstić information content (AvgIpc) is 3.77. The van der Waals surface area contributed by atoms with Crippen LogP contribution in [0.2, 0.25) is 5.15 Å². The quantitative estimate of drug-likeness (QED) is 0.258. The van der Waals surface area contributed by atoms with Gasteiger partial charge in [0.25, 0.3) is 5.92 Å². The van der Waals surface area contributed by atoms with E-state index in [1.165, 1.54) is 41.4 Å². The van der Waals surface area contributed by atoms with E-state index in [0.717, 1.165) is 18.4 Å². The molecule has 3 aliphatic rings. The Balaban J connectivity index is 1.18. The van der Waals surface area contributed by atoms with Crippen molar-refractivity contribution in [3.05, 3.63) is 52.9 Å². The van der Waals surface area contributed by atoms with Crippen molar-refractivity contribution < 1.29 is 35.2 Å². The maximum absolute atomic E-state index is 15.1. The van der Waals surface area contributed by atoms with Gasteiger partial charge in [-0.15, -0.1) is 0 Å². The lowest BCUT2D eigenvalue weighted by Gasteiger charge is -2.28. The highest BCUT2D eigenvalue weighted by Gasteiger charge is 2.82. The summed E-state index contributed by atoms with van der Waals surface area (Å²) in [6.45, 7) is 1.82. The number of benzene rings is 1. The van der Waals surface area contributed by atoms with Crippen LogP contribution in [0, 0.1) is 5.41 Å². The summed E-state index contributed by atoms with van der Waals surface area (Å²) in [5.41, 5.74) is -3.72. The van der Waals surface area contributed by atoms with Gasteiger partial charge in [0, 0.05) is 31.4 Å².